The van der Waals surface area contributed by atoms with E-state index in [9.17, 15) is 9.59 Å². The fourth-order valence-corrected chi connectivity index (χ4v) is 2.32. The Morgan fingerprint density at radius 2 is 2.30 bits per heavy atom. The van der Waals surface area contributed by atoms with Crippen molar-refractivity contribution in [2.45, 2.75) is 19.3 Å². The van der Waals surface area contributed by atoms with Crippen molar-refractivity contribution >= 4 is 12.0 Å². The first-order chi connectivity index (χ1) is 9.66. The van der Waals surface area contributed by atoms with Crippen LogP contribution in [0.3, 0.4) is 0 Å². The van der Waals surface area contributed by atoms with Crippen LogP contribution in [0.15, 0.2) is 24.4 Å². The van der Waals surface area contributed by atoms with Gasteiger partial charge in [0.2, 0.25) is 0 Å². The van der Waals surface area contributed by atoms with Gasteiger partial charge in [0.1, 0.15) is 0 Å². The predicted molar refractivity (Wildman–Crippen MR) is 73.3 cm³/mol. The molecule has 0 bridgehead atoms. The van der Waals surface area contributed by atoms with Gasteiger partial charge in [-0.3, -0.25) is 9.78 Å². The highest BCUT2D eigenvalue weighted by Gasteiger charge is 2.27. The van der Waals surface area contributed by atoms with Gasteiger partial charge in [-0.1, -0.05) is 6.07 Å². The smallest absolute Gasteiger partial charge is 0.317 e. The molecule has 2 heterocycles. The first-order valence-corrected chi connectivity index (χ1v) is 6.82. The van der Waals surface area contributed by atoms with Gasteiger partial charge in [-0.15, -0.1) is 0 Å². The molecule has 6 heteroatoms. The van der Waals surface area contributed by atoms with Crippen molar-refractivity contribution in [3.63, 3.8) is 0 Å². The van der Waals surface area contributed by atoms with Gasteiger partial charge >= 0.3 is 12.0 Å². The summed E-state index contributed by atoms with van der Waals surface area (Å²) in [5, 5.41) is 11.8. The minimum Gasteiger partial charge on any atom is -0.481 e. The second-order valence-corrected chi connectivity index (χ2v) is 4.93. The van der Waals surface area contributed by atoms with Gasteiger partial charge in [-0.25, -0.2) is 4.79 Å². The number of likely N-dealkylation sites (tertiary alicyclic amines) is 1. The van der Waals surface area contributed by atoms with E-state index in [0.717, 1.165) is 12.1 Å². The summed E-state index contributed by atoms with van der Waals surface area (Å²) in [6, 6.07) is 5.48. The van der Waals surface area contributed by atoms with Crippen LogP contribution in [0.5, 0.6) is 0 Å². The maximum atomic E-state index is 12.0. The summed E-state index contributed by atoms with van der Waals surface area (Å²) < 4.78 is 0. The molecule has 108 valence electrons. The van der Waals surface area contributed by atoms with Gasteiger partial charge in [0, 0.05) is 37.9 Å². The van der Waals surface area contributed by atoms with Crippen molar-refractivity contribution in [3.05, 3.63) is 30.1 Å². The van der Waals surface area contributed by atoms with Gasteiger partial charge in [-0.2, -0.15) is 0 Å². The number of urea groups is 1. The van der Waals surface area contributed by atoms with Crippen molar-refractivity contribution in [1.29, 1.82) is 0 Å². The Labute approximate surface area is 117 Å². The molecule has 1 saturated heterocycles. The summed E-state index contributed by atoms with van der Waals surface area (Å²) in [4.78, 5) is 28.7. The number of pyridine rings is 1. The number of carboxylic acids is 1. The van der Waals surface area contributed by atoms with E-state index in [0.29, 0.717) is 32.5 Å². The molecule has 1 aromatic rings. The maximum Gasteiger partial charge on any atom is 0.317 e. The molecule has 2 amide bonds. The number of carbonyl (C=O) groups is 2. The molecule has 1 fully saturated rings. The van der Waals surface area contributed by atoms with Crippen LogP contribution in [0.25, 0.3) is 0 Å². The van der Waals surface area contributed by atoms with Gasteiger partial charge in [0.15, 0.2) is 0 Å². The molecular weight excluding hydrogens is 258 g/mol. The molecule has 1 atom stereocenters. The lowest BCUT2D eigenvalue weighted by Gasteiger charge is -2.30. The quantitative estimate of drug-likeness (QED) is 0.864. The van der Waals surface area contributed by atoms with Crippen molar-refractivity contribution in [2.24, 2.45) is 5.92 Å². The number of carboxylic acid groups (broad SMARTS) is 1. The van der Waals surface area contributed by atoms with Crippen LogP contribution in [0.1, 0.15) is 18.5 Å². The summed E-state index contributed by atoms with van der Waals surface area (Å²) in [5.74, 6) is -1.26. The van der Waals surface area contributed by atoms with E-state index in [2.05, 4.69) is 10.3 Å². The number of amides is 2. The van der Waals surface area contributed by atoms with E-state index in [1.54, 1.807) is 11.1 Å². The predicted octanol–water partition coefficient (Wildman–Crippen LogP) is 1.13. The van der Waals surface area contributed by atoms with Gasteiger partial charge in [0.25, 0.3) is 0 Å². The second kappa shape index (κ2) is 6.88. The fourth-order valence-electron chi connectivity index (χ4n) is 2.32. The van der Waals surface area contributed by atoms with Crippen LogP contribution >= 0.6 is 0 Å². The zero-order valence-electron chi connectivity index (χ0n) is 11.3. The van der Waals surface area contributed by atoms with E-state index in [1.165, 1.54) is 0 Å². The Hall–Kier alpha value is -2.11. The van der Waals surface area contributed by atoms with E-state index >= 15 is 0 Å². The number of hydrogen-bond acceptors (Lipinski definition) is 3. The Morgan fingerprint density at radius 1 is 1.45 bits per heavy atom. The normalized spacial score (nSPS) is 18.6. The molecule has 0 unspecified atom stereocenters. The molecule has 1 aliphatic heterocycles. The SMILES string of the molecule is O=C(O)[C@@H]1CCCN(C(=O)NCCc2ccccn2)C1. The first-order valence-electron chi connectivity index (χ1n) is 6.82. The van der Waals surface area contributed by atoms with Crippen LogP contribution in [-0.4, -0.2) is 46.6 Å². The molecule has 1 aliphatic rings. The third-order valence-electron chi connectivity index (χ3n) is 3.44. The molecule has 20 heavy (non-hydrogen) atoms. The summed E-state index contributed by atoms with van der Waals surface area (Å²) in [5.41, 5.74) is 0.926. The Kier molecular flexibility index (Phi) is 4.92. The molecule has 0 radical (unpaired) electrons. The molecule has 2 N–H and O–H groups in total. The van der Waals surface area contributed by atoms with E-state index < -0.39 is 11.9 Å². The van der Waals surface area contributed by atoms with Gasteiger partial charge < -0.3 is 15.3 Å². The minimum absolute atomic E-state index is 0.188. The lowest BCUT2D eigenvalue weighted by molar-refractivity contribution is -0.143. The molecule has 0 aliphatic carbocycles. The summed E-state index contributed by atoms with van der Waals surface area (Å²) in [6.45, 7) is 1.42. The van der Waals surface area contributed by atoms with Gasteiger partial charge in [-0.05, 0) is 25.0 Å². The van der Waals surface area contributed by atoms with Crippen molar-refractivity contribution in [1.82, 2.24) is 15.2 Å². The monoisotopic (exact) mass is 277 g/mol. The Bertz CT molecular complexity index is 464. The highest BCUT2D eigenvalue weighted by molar-refractivity contribution is 5.76. The van der Waals surface area contributed by atoms with E-state index in [4.69, 9.17) is 5.11 Å². The standard InChI is InChI=1S/C14H19N3O3/c18-13(19)11-4-3-9-17(10-11)14(20)16-8-6-12-5-1-2-7-15-12/h1-2,5,7,11H,3-4,6,8-10H2,(H,16,20)(H,18,19)/t11-/m1/s1. The zero-order chi connectivity index (χ0) is 14.4. The maximum absolute atomic E-state index is 12.0. The first kappa shape index (κ1) is 14.3. The highest BCUT2D eigenvalue weighted by Crippen LogP contribution is 2.16. The molecule has 1 aromatic heterocycles. The minimum atomic E-state index is -0.823. The molecule has 0 aromatic carbocycles. The third-order valence-corrected chi connectivity index (χ3v) is 3.44. The average Bonchev–Trinajstić information content (AvgIpc) is 2.48. The summed E-state index contributed by atoms with van der Waals surface area (Å²) in [7, 11) is 0. The number of nitrogens with zero attached hydrogens (tertiary/aromatic N) is 2. The van der Waals surface area contributed by atoms with Crippen LogP contribution in [0, 0.1) is 5.92 Å². The number of carbonyl (C=O) groups excluding carboxylic acids is 1. The van der Waals surface area contributed by atoms with Crippen molar-refractivity contribution < 1.29 is 14.7 Å². The summed E-state index contributed by atoms with van der Waals surface area (Å²) in [6.07, 6.45) is 3.78. The van der Waals surface area contributed by atoms with Crippen LogP contribution in [0.4, 0.5) is 4.79 Å². The lowest BCUT2D eigenvalue weighted by atomic mass is 9.99. The van der Waals surface area contributed by atoms with Crippen LogP contribution < -0.4 is 5.32 Å². The second-order valence-electron chi connectivity index (χ2n) is 4.93. The van der Waals surface area contributed by atoms with E-state index in [1.807, 2.05) is 18.2 Å². The number of piperidine rings is 1. The number of rotatable bonds is 4. The molecule has 2 rings (SSSR count). The van der Waals surface area contributed by atoms with Crippen LogP contribution in [0.2, 0.25) is 0 Å². The lowest BCUT2D eigenvalue weighted by Crippen LogP contribution is -2.47. The van der Waals surface area contributed by atoms with Crippen LogP contribution in [-0.2, 0) is 11.2 Å². The van der Waals surface area contributed by atoms with E-state index in [-0.39, 0.29) is 6.03 Å². The number of hydrogen-bond donors (Lipinski definition) is 2. The number of aromatic nitrogens is 1. The van der Waals surface area contributed by atoms with Gasteiger partial charge in [0.05, 0.1) is 5.92 Å². The number of nitrogens with one attached hydrogen (secondary N) is 1. The Balaban J connectivity index is 1.75. The fraction of sp³-hybridized carbons (Fsp3) is 0.500. The zero-order valence-corrected chi connectivity index (χ0v) is 11.3. The third kappa shape index (κ3) is 3.94. The topological polar surface area (TPSA) is 82.5 Å². The summed E-state index contributed by atoms with van der Waals surface area (Å²) >= 11 is 0. The van der Waals surface area contributed by atoms with Crippen molar-refractivity contribution in [2.75, 3.05) is 19.6 Å². The highest BCUT2D eigenvalue weighted by atomic mass is 16.4. The Morgan fingerprint density at radius 3 is 3.00 bits per heavy atom. The largest absolute Gasteiger partial charge is 0.481 e. The molecule has 0 spiro atoms. The number of aliphatic carboxylic acids is 1. The average molecular weight is 277 g/mol. The molecule has 0 saturated carbocycles. The molecular formula is C14H19N3O3. The van der Waals surface area contributed by atoms with Crippen molar-refractivity contribution in [3.8, 4) is 0 Å². The molecule has 6 nitrogen and oxygen atoms in total.